The number of amides is 1. The summed E-state index contributed by atoms with van der Waals surface area (Å²) < 4.78 is 0. The summed E-state index contributed by atoms with van der Waals surface area (Å²) in [7, 11) is 0. The van der Waals surface area contributed by atoms with Gasteiger partial charge in [-0.25, -0.2) is 9.97 Å². The summed E-state index contributed by atoms with van der Waals surface area (Å²) in [5.74, 6) is 0.617. The number of aryl methyl sites for hydroxylation is 1. The second-order valence-electron chi connectivity index (χ2n) is 7.24. The number of nitrogens with one attached hydrogen (secondary N) is 1. The van der Waals surface area contributed by atoms with Crippen molar-refractivity contribution in [3.05, 3.63) is 83.8 Å². The van der Waals surface area contributed by atoms with Crippen LogP contribution < -0.4 is 15.1 Å². The van der Waals surface area contributed by atoms with Crippen LogP contribution in [0.3, 0.4) is 0 Å². The van der Waals surface area contributed by atoms with Gasteiger partial charge in [0.05, 0.1) is 0 Å². The lowest BCUT2D eigenvalue weighted by molar-refractivity contribution is 0.0945. The Morgan fingerprint density at radius 3 is 2.45 bits per heavy atom. The molecule has 0 aliphatic carbocycles. The summed E-state index contributed by atoms with van der Waals surface area (Å²) in [5, 5.41) is 2.95. The molecular formula is C23H25N5O. The van der Waals surface area contributed by atoms with Crippen LogP contribution in [0.1, 0.15) is 21.6 Å². The van der Waals surface area contributed by atoms with Crippen molar-refractivity contribution in [2.24, 2.45) is 0 Å². The van der Waals surface area contributed by atoms with E-state index in [1.165, 1.54) is 17.6 Å². The van der Waals surface area contributed by atoms with Gasteiger partial charge in [-0.1, -0.05) is 48.0 Å². The van der Waals surface area contributed by atoms with E-state index < -0.39 is 0 Å². The molecule has 6 heteroatoms. The summed E-state index contributed by atoms with van der Waals surface area (Å²) in [6.07, 6.45) is 1.47. The van der Waals surface area contributed by atoms with E-state index in [2.05, 4.69) is 55.4 Å². The Morgan fingerprint density at radius 1 is 0.931 bits per heavy atom. The van der Waals surface area contributed by atoms with Crippen LogP contribution in [0.4, 0.5) is 11.5 Å². The van der Waals surface area contributed by atoms with Gasteiger partial charge in [-0.05, 0) is 24.6 Å². The topological polar surface area (TPSA) is 61.4 Å². The Labute approximate surface area is 171 Å². The highest BCUT2D eigenvalue weighted by atomic mass is 16.1. The number of aromatic nitrogens is 2. The maximum Gasteiger partial charge on any atom is 0.270 e. The fourth-order valence-corrected chi connectivity index (χ4v) is 3.57. The standard InChI is InChI=1S/C23H25N5O/c1-18-6-5-7-19(14-18)16-24-23(29)21-15-22(26-17-25-21)28-12-10-27(11-13-28)20-8-3-2-4-9-20/h2-9,14-15,17H,10-13,16H2,1H3,(H,24,29). The Hall–Kier alpha value is -3.41. The first-order chi connectivity index (χ1) is 14.2. The van der Waals surface area contributed by atoms with Crippen molar-refractivity contribution >= 4 is 17.4 Å². The van der Waals surface area contributed by atoms with Gasteiger partial charge in [0.15, 0.2) is 0 Å². The van der Waals surface area contributed by atoms with Gasteiger partial charge in [-0.2, -0.15) is 0 Å². The Bertz CT molecular complexity index is 968. The average molecular weight is 387 g/mol. The quantitative estimate of drug-likeness (QED) is 0.729. The van der Waals surface area contributed by atoms with E-state index in [0.29, 0.717) is 12.2 Å². The number of piperazine rings is 1. The molecule has 2 heterocycles. The average Bonchev–Trinajstić information content (AvgIpc) is 2.78. The van der Waals surface area contributed by atoms with Crippen molar-refractivity contribution in [2.75, 3.05) is 36.0 Å². The molecule has 1 saturated heterocycles. The summed E-state index contributed by atoms with van der Waals surface area (Å²) in [5.41, 5.74) is 3.89. The lowest BCUT2D eigenvalue weighted by atomic mass is 10.1. The number of hydrogen-bond donors (Lipinski definition) is 1. The molecule has 1 aliphatic heterocycles. The van der Waals surface area contributed by atoms with E-state index in [4.69, 9.17) is 0 Å². The number of hydrogen-bond acceptors (Lipinski definition) is 5. The number of rotatable bonds is 5. The van der Waals surface area contributed by atoms with Gasteiger partial charge in [0.25, 0.3) is 5.91 Å². The highest BCUT2D eigenvalue weighted by Crippen LogP contribution is 2.19. The summed E-state index contributed by atoms with van der Waals surface area (Å²) in [6.45, 7) is 6.08. The predicted octanol–water partition coefficient (Wildman–Crippen LogP) is 3.04. The largest absolute Gasteiger partial charge is 0.368 e. The summed E-state index contributed by atoms with van der Waals surface area (Å²) in [4.78, 5) is 25.7. The van der Waals surface area contributed by atoms with Crippen LogP contribution in [0.15, 0.2) is 67.0 Å². The van der Waals surface area contributed by atoms with Crippen LogP contribution in [0.2, 0.25) is 0 Å². The van der Waals surface area contributed by atoms with Gasteiger partial charge in [0, 0.05) is 44.5 Å². The number of anilines is 2. The first kappa shape index (κ1) is 18.9. The number of para-hydroxylation sites is 1. The Kier molecular flexibility index (Phi) is 5.70. The summed E-state index contributed by atoms with van der Waals surface area (Å²) in [6, 6.07) is 20.3. The van der Waals surface area contributed by atoms with Gasteiger partial charge in [0.1, 0.15) is 17.8 Å². The van der Waals surface area contributed by atoms with Crippen molar-refractivity contribution < 1.29 is 4.79 Å². The predicted molar refractivity (Wildman–Crippen MR) is 115 cm³/mol. The zero-order valence-corrected chi connectivity index (χ0v) is 16.6. The van der Waals surface area contributed by atoms with Crippen LogP contribution in [0.5, 0.6) is 0 Å². The molecule has 29 heavy (non-hydrogen) atoms. The molecule has 0 spiro atoms. The molecule has 0 atom stereocenters. The van der Waals surface area contributed by atoms with E-state index in [1.54, 1.807) is 6.07 Å². The van der Waals surface area contributed by atoms with Crippen molar-refractivity contribution in [1.29, 1.82) is 0 Å². The molecule has 1 N–H and O–H groups in total. The van der Waals surface area contributed by atoms with Crippen LogP contribution in [-0.2, 0) is 6.54 Å². The number of benzene rings is 2. The van der Waals surface area contributed by atoms with Gasteiger partial charge in [-0.3, -0.25) is 4.79 Å². The fourth-order valence-electron chi connectivity index (χ4n) is 3.57. The molecule has 148 valence electrons. The minimum Gasteiger partial charge on any atom is -0.368 e. The maximum absolute atomic E-state index is 12.5. The molecule has 1 amide bonds. The number of carbonyl (C=O) groups excluding carboxylic acids is 1. The van der Waals surface area contributed by atoms with E-state index in [9.17, 15) is 4.79 Å². The van der Waals surface area contributed by atoms with Gasteiger partial charge >= 0.3 is 0 Å². The molecule has 1 aromatic heterocycles. The van der Waals surface area contributed by atoms with E-state index in [0.717, 1.165) is 37.6 Å². The normalized spacial score (nSPS) is 14.0. The lowest BCUT2D eigenvalue weighted by Crippen LogP contribution is -2.46. The zero-order chi connectivity index (χ0) is 20.1. The monoisotopic (exact) mass is 387 g/mol. The van der Waals surface area contributed by atoms with Gasteiger partial charge < -0.3 is 15.1 Å². The molecule has 0 radical (unpaired) electrons. The molecule has 1 aliphatic rings. The first-order valence-corrected chi connectivity index (χ1v) is 9.90. The minimum absolute atomic E-state index is 0.182. The molecular weight excluding hydrogens is 362 g/mol. The van der Waals surface area contributed by atoms with Crippen molar-refractivity contribution in [1.82, 2.24) is 15.3 Å². The minimum atomic E-state index is -0.182. The van der Waals surface area contributed by atoms with Crippen LogP contribution >= 0.6 is 0 Å². The fraction of sp³-hybridized carbons (Fsp3) is 0.261. The SMILES string of the molecule is Cc1cccc(CNC(=O)c2cc(N3CCN(c4ccccc4)CC3)ncn2)c1. The third kappa shape index (κ3) is 4.71. The molecule has 0 bridgehead atoms. The van der Waals surface area contributed by atoms with Crippen LogP contribution in [-0.4, -0.2) is 42.1 Å². The molecule has 6 nitrogen and oxygen atoms in total. The van der Waals surface area contributed by atoms with Crippen molar-refractivity contribution in [2.45, 2.75) is 13.5 Å². The molecule has 2 aromatic carbocycles. The maximum atomic E-state index is 12.5. The second kappa shape index (κ2) is 8.73. The molecule has 1 fully saturated rings. The smallest absolute Gasteiger partial charge is 0.270 e. The Morgan fingerprint density at radius 2 is 1.69 bits per heavy atom. The molecule has 4 rings (SSSR count). The molecule has 0 unspecified atom stereocenters. The third-order valence-electron chi connectivity index (χ3n) is 5.15. The molecule has 3 aromatic rings. The highest BCUT2D eigenvalue weighted by Gasteiger charge is 2.19. The highest BCUT2D eigenvalue weighted by molar-refractivity contribution is 5.92. The van der Waals surface area contributed by atoms with Crippen molar-refractivity contribution in [3.8, 4) is 0 Å². The van der Waals surface area contributed by atoms with Crippen molar-refractivity contribution in [3.63, 3.8) is 0 Å². The zero-order valence-electron chi connectivity index (χ0n) is 16.6. The van der Waals surface area contributed by atoms with E-state index in [-0.39, 0.29) is 5.91 Å². The Balaban J connectivity index is 1.37. The number of carbonyl (C=O) groups is 1. The first-order valence-electron chi connectivity index (χ1n) is 9.90. The van der Waals surface area contributed by atoms with Gasteiger partial charge in [-0.15, -0.1) is 0 Å². The van der Waals surface area contributed by atoms with E-state index in [1.807, 2.05) is 31.2 Å². The summed E-state index contributed by atoms with van der Waals surface area (Å²) >= 11 is 0. The van der Waals surface area contributed by atoms with Gasteiger partial charge in [0.2, 0.25) is 0 Å². The second-order valence-corrected chi connectivity index (χ2v) is 7.24. The van der Waals surface area contributed by atoms with Crippen LogP contribution in [0.25, 0.3) is 0 Å². The molecule has 0 saturated carbocycles. The number of nitrogens with zero attached hydrogens (tertiary/aromatic N) is 4. The van der Waals surface area contributed by atoms with E-state index >= 15 is 0 Å². The van der Waals surface area contributed by atoms with Crippen LogP contribution in [0, 0.1) is 6.92 Å². The third-order valence-corrected chi connectivity index (χ3v) is 5.15. The lowest BCUT2D eigenvalue weighted by Gasteiger charge is -2.36.